The van der Waals surface area contributed by atoms with Crippen molar-refractivity contribution in [2.45, 2.75) is 18.2 Å². The van der Waals surface area contributed by atoms with E-state index in [1.165, 1.54) is 17.5 Å². The summed E-state index contributed by atoms with van der Waals surface area (Å²) in [6.07, 6.45) is 9.51. The summed E-state index contributed by atoms with van der Waals surface area (Å²) in [5.74, 6) is 1.07. The fourth-order valence-corrected chi connectivity index (χ4v) is 3.17. The Morgan fingerprint density at radius 2 is 1.83 bits per heavy atom. The van der Waals surface area contributed by atoms with Crippen LogP contribution in [-0.4, -0.2) is 18.7 Å². The van der Waals surface area contributed by atoms with E-state index in [0.717, 1.165) is 29.0 Å². The van der Waals surface area contributed by atoms with Gasteiger partial charge in [0.25, 0.3) is 0 Å². The number of rotatable bonds is 8. The monoisotopic (exact) mass is 402 g/mol. The molecule has 1 aliphatic carbocycles. The summed E-state index contributed by atoms with van der Waals surface area (Å²) in [6, 6.07) is 15.4. The highest BCUT2D eigenvalue weighted by Crippen LogP contribution is 2.21. The Kier molecular flexibility index (Phi) is 7.19. The second kappa shape index (κ2) is 10.2. The van der Waals surface area contributed by atoms with Crippen molar-refractivity contribution in [1.29, 1.82) is 0 Å². The fourth-order valence-electron chi connectivity index (χ4n) is 2.52. The number of hydrogen-bond donors (Lipinski definition) is 2. The van der Waals surface area contributed by atoms with Crippen LogP contribution < -0.4 is 10.0 Å². The van der Waals surface area contributed by atoms with Crippen molar-refractivity contribution in [3.8, 4) is 0 Å². The fraction of sp³-hybridized carbons (Fsp3) is 0.0870. The molecular weight excluding hydrogens is 380 g/mol. The Morgan fingerprint density at radius 3 is 2.45 bits per heavy atom. The molecule has 6 heteroatoms. The molecule has 2 aromatic carbocycles. The first-order valence-corrected chi connectivity index (χ1v) is 9.93. The Bertz CT molecular complexity index is 987. The maximum absolute atomic E-state index is 10.9. The van der Waals surface area contributed by atoms with Crippen LogP contribution >= 0.6 is 11.9 Å². The Hall–Kier alpha value is -3.38. The van der Waals surface area contributed by atoms with E-state index < -0.39 is 0 Å². The van der Waals surface area contributed by atoms with Crippen molar-refractivity contribution in [1.82, 2.24) is 4.72 Å². The van der Waals surface area contributed by atoms with E-state index >= 15 is 0 Å². The Labute approximate surface area is 175 Å². The molecule has 29 heavy (non-hydrogen) atoms. The summed E-state index contributed by atoms with van der Waals surface area (Å²) in [5.41, 5.74) is 3.52. The number of hydrogen-bond acceptors (Lipinski definition) is 6. The lowest BCUT2D eigenvalue weighted by Gasteiger charge is -2.14. The summed E-state index contributed by atoms with van der Waals surface area (Å²) in [6.45, 7) is 5.75. The molecule has 0 aromatic heterocycles. The summed E-state index contributed by atoms with van der Waals surface area (Å²) in [7, 11) is 0. The summed E-state index contributed by atoms with van der Waals surface area (Å²) >= 11 is 1.44. The number of aliphatic imine (C=N–C) groups is 2. The molecule has 0 amide bonds. The zero-order valence-electron chi connectivity index (χ0n) is 16.1. The van der Waals surface area contributed by atoms with E-state index in [9.17, 15) is 4.79 Å². The molecule has 5 nitrogen and oxygen atoms in total. The number of anilines is 1. The minimum Gasteiger partial charge on any atom is -0.337 e. The minimum atomic E-state index is 0.519. The Balaban J connectivity index is 1.87. The first kappa shape index (κ1) is 20.4. The SMILES string of the molecule is C=N/C(NSc1ccc(C)cc1)=C(\N=C1\C=CC=CC1)Nc1ccc(C=O)cc1. The lowest BCUT2D eigenvalue weighted by molar-refractivity contribution is 0.112. The first-order chi connectivity index (χ1) is 14.2. The van der Waals surface area contributed by atoms with Crippen LogP contribution in [0.25, 0.3) is 0 Å². The van der Waals surface area contributed by atoms with Gasteiger partial charge in [-0.3, -0.25) is 4.79 Å². The van der Waals surface area contributed by atoms with Crippen molar-refractivity contribution in [2.24, 2.45) is 9.98 Å². The van der Waals surface area contributed by atoms with Gasteiger partial charge in [0.1, 0.15) is 6.29 Å². The number of allylic oxidation sites excluding steroid dienone is 4. The number of nitrogens with one attached hydrogen (secondary N) is 2. The molecule has 2 N–H and O–H groups in total. The van der Waals surface area contributed by atoms with Crippen molar-refractivity contribution in [3.05, 3.63) is 95.6 Å². The number of nitrogens with zero attached hydrogens (tertiary/aromatic N) is 2. The second-order valence-corrected chi connectivity index (χ2v) is 7.21. The topological polar surface area (TPSA) is 65.8 Å². The van der Waals surface area contributed by atoms with E-state index in [-0.39, 0.29) is 0 Å². The van der Waals surface area contributed by atoms with E-state index in [1.807, 2.05) is 48.6 Å². The van der Waals surface area contributed by atoms with Gasteiger partial charge in [0, 0.05) is 28.3 Å². The molecule has 0 atom stereocenters. The normalized spacial score (nSPS) is 15.0. The quantitative estimate of drug-likeness (QED) is 0.357. The van der Waals surface area contributed by atoms with Gasteiger partial charge in [-0.15, -0.1) is 0 Å². The predicted molar refractivity (Wildman–Crippen MR) is 123 cm³/mol. The molecule has 2 aromatic rings. The summed E-state index contributed by atoms with van der Waals surface area (Å²) in [5, 5.41) is 3.28. The van der Waals surface area contributed by atoms with Crippen LogP contribution in [0, 0.1) is 6.92 Å². The smallest absolute Gasteiger partial charge is 0.179 e. The van der Waals surface area contributed by atoms with Gasteiger partial charge >= 0.3 is 0 Å². The van der Waals surface area contributed by atoms with Crippen LogP contribution in [0.1, 0.15) is 22.3 Å². The standard InChI is InChI=1S/C23H22N4OS/c1-17-8-14-21(15-9-17)29-27-22(24-2)23(25-19-6-4-3-5-7-19)26-20-12-10-18(16-28)11-13-20/h3-6,8-16,26-27H,2,7H2,1H3/b23-22-,25-19-. The molecule has 0 spiro atoms. The maximum atomic E-state index is 10.9. The zero-order valence-corrected chi connectivity index (χ0v) is 16.9. The van der Waals surface area contributed by atoms with Crippen LogP contribution in [0.15, 0.2) is 99.4 Å². The highest BCUT2D eigenvalue weighted by Gasteiger charge is 2.09. The van der Waals surface area contributed by atoms with E-state index in [4.69, 9.17) is 4.99 Å². The molecule has 0 heterocycles. The summed E-state index contributed by atoms with van der Waals surface area (Å²) < 4.78 is 3.24. The molecule has 146 valence electrons. The molecule has 0 aliphatic heterocycles. The van der Waals surface area contributed by atoms with E-state index in [0.29, 0.717) is 17.2 Å². The third kappa shape index (κ3) is 6.05. The Morgan fingerprint density at radius 1 is 1.07 bits per heavy atom. The lowest BCUT2D eigenvalue weighted by Crippen LogP contribution is -2.11. The molecule has 0 saturated heterocycles. The van der Waals surface area contributed by atoms with Crippen molar-refractivity contribution >= 4 is 36.4 Å². The largest absolute Gasteiger partial charge is 0.337 e. The molecule has 3 rings (SSSR count). The molecule has 0 bridgehead atoms. The van der Waals surface area contributed by atoms with Crippen LogP contribution in [-0.2, 0) is 0 Å². The average Bonchev–Trinajstić information content (AvgIpc) is 2.76. The van der Waals surface area contributed by atoms with Gasteiger partial charge in [-0.05, 0) is 68.1 Å². The van der Waals surface area contributed by atoms with E-state index in [1.54, 1.807) is 12.1 Å². The van der Waals surface area contributed by atoms with Gasteiger partial charge in [0.15, 0.2) is 11.6 Å². The zero-order chi connectivity index (χ0) is 20.5. The third-order valence-corrected chi connectivity index (χ3v) is 4.90. The predicted octanol–water partition coefficient (Wildman–Crippen LogP) is 5.30. The second-order valence-electron chi connectivity index (χ2n) is 6.33. The number of carbonyl (C=O) groups excluding carboxylic acids is 1. The number of benzene rings is 2. The number of aldehydes is 1. The third-order valence-electron chi connectivity index (χ3n) is 4.10. The first-order valence-electron chi connectivity index (χ1n) is 9.11. The molecule has 0 saturated carbocycles. The van der Waals surface area contributed by atoms with Crippen molar-refractivity contribution in [3.63, 3.8) is 0 Å². The number of carbonyl (C=O) groups is 1. The molecule has 0 unspecified atom stereocenters. The highest BCUT2D eigenvalue weighted by molar-refractivity contribution is 7.97. The van der Waals surface area contributed by atoms with Crippen LogP contribution in [0.4, 0.5) is 5.69 Å². The van der Waals surface area contributed by atoms with E-state index in [2.05, 4.69) is 40.8 Å². The lowest BCUT2D eigenvalue weighted by atomic mass is 10.1. The van der Waals surface area contributed by atoms with Gasteiger partial charge < -0.3 is 10.0 Å². The minimum absolute atomic E-state index is 0.519. The van der Waals surface area contributed by atoms with Gasteiger partial charge in [-0.2, -0.15) is 0 Å². The average molecular weight is 403 g/mol. The van der Waals surface area contributed by atoms with Crippen LogP contribution in [0.3, 0.4) is 0 Å². The molecule has 1 aliphatic rings. The highest BCUT2D eigenvalue weighted by atomic mass is 32.2. The van der Waals surface area contributed by atoms with Gasteiger partial charge in [-0.1, -0.05) is 35.9 Å². The van der Waals surface area contributed by atoms with Gasteiger partial charge in [-0.25, -0.2) is 9.98 Å². The van der Waals surface area contributed by atoms with Crippen molar-refractivity contribution < 1.29 is 4.79 Å². The molecular formula is C23H22N4OS. The summed E-state index contributed by atoms with van der Waals surface area (Å²) in [4.78, 5) is 20.8. The maximum Gasteiger partial charge on any atom is 0.179 e. The van der Waals surface area contributed by atoms with Gasteiger partial charge in [0.05, 0.1) is 0 Å². The molecule has 0 radical (unpaired) electrons. The van der Waals surface area contributed by atoms with Gasteiger partial charge in [0.2, 0.25) is 0 Å². The van der Waals surface area contributed by atoms with Crippen LogP contribution in [0.5, 0.6) is 0 Å². The van der Waals surface area contributed by atoms with Crippen molar-refractivity contribution in [2.75, 3.05) is 5.32 Å². The molecule has 0 fully saturated rings. The van der Waals surface area contributed by atoms with Crippen LogP contribution in [0.2, 0.25) is 0 Å². The number of aryl methyl sites for hydroxylation is 1.